The normalized spacial score (nSPS) is 10.5. The monoisotopic (exact) mass is 148 g/mol. The molecule has 0 aliphatic rings. The van der Waals surface area contributed by atoms with E-state index in [-0.39, 0.29) is 18.9 Å². The molecule has 0 bridgehead atoms. The first-order chi connectivity index (χ1) is 4.85. The van der Waals surface area contributed by atoms with Crippen LogP contribution in [-0.2, 0) is 0 Å². The Morgan fingerprint density at radius 3 is 2.36 bits per heavy atom. The summed E-state index contributed by atoms with van der Waals surface area (Å²) in [6.07, 6.45) is 5.19. The van der Waals surface area contributed by atoms with Crippen molar-refractivity contribution in [3.05, 3.63) is 19.1 Å². The van der Waals surface area contributed by atoms with Crippen LogP contribution >= 0.6 is 0 Å². The van der Waals surface area contributed by atoms with Crippen LogP contribution in [0.2, 0.25) is 0 Å². The average molecular weight is 148 g/mol. The number of rotatable bonds is 5. The van der Waals surface area contributed by atoms with Crippen LogP contribution < -0.4 is 0 Å². The van der Waals surface area contributed by atoms with Gasteiger partial charge in [0.25, 0.3) is 0 Å². The van der Waals surface area contributed by atoms with Crippen molar-refractivity contribution in [2.75, 3.05) is 19.6 Å². The summed E-state index contributed by atoms with van der Waals surface area (Å²) >= 11 is 0. The van der Waals surface area contributed by atoms with E-state index in [0.29, 0.717) is 0 Å². The zero-order valence-electron chi connectivity index (χ0n) is 7.14. The number of likely N-dealkylation sites (N-methyl/N-ethyl adjacent to an activating group) is 1. The minimum absolute atomic E-state index is 0. The third-order valence-corrected chi connectivity index (χ3v) is 1.52. The molecule has 0 amide bonds. The van der Waals surface area contributed by atoms with E-state index >= 15 is 0 Å². The zero-order valence-corrected chi connectivity index (χ0v) is 7.14. The molecule has 0 rings (SSSR count). The molecule has 11 heavy (non-hydrogen) atoms. The Balaban J connectivity index is 0. The summed E-state index contributed by atoms with van der Waals surface area (Å²) < 4.78 is 0. The number of allylic oxidation sites excluding steroid dienone is 1. The molecule has 0 saturated carbocycles. The predicted octanol–water partition coefficient (Wildman–Crippen LogP) is 1.46. The quantitative estimate of drug-likeness (QED) is 0.533. The first-order valence-electron chi connectivity index (χ1n) is 4.01. The summed E-state index contributed by atoms with van der Waals surface area (Å²) in [7, 11) is 0. The Kier molecular flexibility index (Phi) is 13.0. The van der Waals surface area contributed by atoms with Crippen LogP contribution in [-0.4, -0.2) is 43.4 Å². The molecule has 0 N–H and O–H groups in total. The molecule has 0 aromatic rings. The SMILES string of the molecule is [CH2]/C=C/CN(CC)CCC.[LiH]. The predicted molar refractivity (Wildman–Crippen MR) is 54.1 cm³/mol. The third-order valence-electron chi connectivity index (χ3n) is 1.52. The van der Waals surface area contributed by atoms with Crippen LogP contribution in [0.4, 0.5) is 0 Å². The Morgan fingerprint density at radius 2 is 2.00 bits per heavy atom. The van der Waals surface area contributed by atoms with Crippen molar-refractivity contribution in [3.63, 3.8) is 0 Å². The second-order valence-electron chi connectivity index (χ2n) is 2.36. The van der Waals surface area contributed by atoms with Crippen molar-refractivity contribution >= 4 is 18.9 Å². The standard InChI is InChI=1S/C9H18N.Li.H/c1-4-7-9-10(6-3)8-5-2;;/h4,7H,1,5-6,8-9H2,2-3H3;;/b7-4+;;. The third kappa shape index (κ3) is 8.20. The van der Waals surface area contributed by atoms with Gasteiger partial charge < -0.3 is 0 Å². The molecule has 0 atom stereocenters. The number of nitrogens with zero attached hydrogens (tertiary/aromatic N) is 1. The molecule has 61 valence electrons. The molecule has 1 radical (unpaired) electrons. The van der Waals surface area contributed by atoms with Gasteiger partial charge in [-0.3, -0.25) is 4.90 Å². The molecule has 0 aromatic carbocycles. The summed E-state index contributed by atoms with van der Waals surface area (Å²) in [5, 5.41) is 0. The first-order valence-corrected chi connectivity index (χ1v) is 4.01. The summed E-state index contributed by atoms with van der Waals surface area (Å²) in [5.74, 6) is 0. The van der Waals surface area contributed by atoms with E-state index in [4.69, 9.17) is 0 Å². The van der Waals surface area contributed by atoms with E-state index in [0.717, 1.165) is 13.1 Å². The topological polar surface area (TPSA) is 3.24 Å². The van der Waals surface area contributed by atoms with E-state index in [9.17, 15) is 0 Å². The van der Waals surface area contributed by atoms with Crippen LogP contribution in [0.25, 0.3) is 0 Å². The van der Waals surface area contributed by atoms with Crippen LogP contribution in [0, 0.1) is 6.92 Å². The van der Waals surface area contributed by atoms with Gasteiger partial charge in [0, 0.05) is 6.54 Å². The maximum absolute atomic E-state index is 3.64. The Bertz CT molecular complexity index is 91.6. The van der Waals surface area contributed by atoms with Gasteiger partial charge in [0.1, 0.15) is 0 Å². The molecule has 0 fully saturated rings. The van der Waals surface area contributed by atoms with Crippen LogP contribution in [0.3, 0.4) is 0 Å². The molecular formula is C9H19LiN. The van der Waals surface area contributed by atoms with Crippen LogP contribution in [0.1, 0.15) is 20.3 Å². The fourth-order valence-corrected chi connectivity index (χ4v) is 0.918. The molecule has 0 aromatic heterocycles. The first kappa shape index (κ1) is 13.9. The fraction of sp³-hybridized carbons (Fsp3) is 0.667. The van der Waals surface area contributed by atoms with Crippen LogP contribution in [0.5, 0.6) is 0 Å². The average Bonchev–Trinajstić information content (AvgIpc) is 1.98. The number of hydrogen-bond donors (Lipinski definition) is 0. The van der Waals surface area contributed by atoms with Gasteiger partial charge in [0.15, 0.2) is 0 Å². The van der Waals surface area contributed by atoms with E-state index in [2.05, 4.69) is 31.7 Å². The molecule has 2 heteroatoms. The summed E-state index contributed by atoms with van der Waals surface area (Å²) in [4.78, 5) is 2.39. The van der Waals surface area contributed by atoms with Gasteiger partial charge >= 0.3 is 18.9 Å². The van der Waals surface area contributed by atoms with Gasteiger partial charge in [-0.2, -0.15) is 0 Å². The van der Waals surface area contributed by atoms with Gasteiger partial charge in [0.2, 0.25) is 0 Å². The molecule has 0 unspecified atom stereocenters. The summed E-state index contributed by atoms with van der Waals surface area (Å²) in [6.45, 7) is 11.4. The van der Waals surface area contributed by atoms with Gasteiger partial charge in [-0.15, -0.1) is 0 Å². The molecule has 0 heterocycles. The van der Waals surface area contributed by atoms with E-state index < -0.39 is 0 Å². The van der Waals surface area contributed by atoms with Gasteiger partial charge in [-0.25, -0.2) is 0 Å². The molecule has 0 aliphatic heterocycles. The summed E-state index contributed by atoms with van der Waals surface area (Å²) in [6, 6.07) is 0. The molecular weight excluding hydrogens is 129 g/mol. The molecule has 0 saturated heterocycles. The van der Waals surface area contributed by atoms with Crippen molar-refractivity contribution in [1.82, 2.24) is 4.90 Å². The molecule has 1 nitrogen and oxygen atoms in total. The van der Waals surface area contributed by atoms with E-state index in [1.807, 2.05) is 6.08 Å². The summed E-state index contributed by atoms with van der Waals surface area (Å²) in [5.41, 5.74) is 0. The van der Waals surface area contributed by atoms with E-state index in [1.54, 1.807) is 0 Å². The van der Waals surface area contributed by atoms with Crippen molar-refractivity contribution < 1.29 is 0 Å². The second-order valence-corrected chi connectivity index (χ2v) is 2.36. The minimum atomic E-state index is 0. The second kappa shape index (κ2) is 10.3. The van der Waals surface area contributed by atoms with Gasteiger partial charge in [-0.05, 0) is 26.4 Å². The fourth-order valence-electron chi connectivity index (χ4n) is 0.918. The molecule has 0 aliphatic carbocycles. The Labute approximate surface area is 83.0 Å². The van der Waals surface area contributed by atoms with Gasteiger partial charge in [0.05, 0.1) is 0 Å². The van der Waals surface area contributed by atoms with Crippen LogP contribution in [0.15, 0.2) is 12.2 Å². The van der Waals surface area contributed by atoms with Crippen molar-refractivity contribution in [2.45, 2.75) is 20.3 Å². The zero-order chi connectivity index (χ0) is 7.82. The van der Waals surface area contributed by atoms with Crippen molar-refractivity contribution in [1.29, 1.82) is 0 Å². The van der Waals surface area contributed by atoms with Gasteiger partial charge in [-0.1, -0.05) is 26.0 Å². The van der Waals surface area contributed by atoms with Crippen molar-refractivity contribution in [3.8, 4) is 0 Å². The Morgan fingerprint density at radius 1 is 1.36 bits per heavy atom. The Hall–Kier alpha value is 0.297. The molecule has 0 spiro atoms. The maximum atomic E-state index is 3.64. The number of hydrogen-bond acceptors (Lipinski definition) is 1. The van der Waals surface area contributed by atoms with E-state index in [1.165, 1.54) is 13.0 Å². The van der Waals surface area contributed by atoms with Crippen molar-refractivity contribution in [2.24, 2.45) is 0 Å².